The lowest BCUT2D eigenvalue weighted by molar-refractivity contribution is -0.153. The van der Waals surface area contributed by atoms with Crippen LogP contribution in [0, 0.1) is 6.92 Å². The van der Waals surface area contributed by atoms with Gasteiger partial charge in [0.1, 0.15) is 25.2 Å². The van der Waals surface area contributed by atoms with E-state index < -0.39 is 67.0 Å². The fraction of sp³-hybridized carbons (Fsp3) is 0.435. The zero-order valence-corrected chi connectivity index (χ0v) is 21.8. The van der Waals surface area contributed by atoms with Crippen molar-refractivity contribution in [2.24, 2.45) is 0 Å². The standard InChI is InChI=1S/C10H10F4O3S.C10H8F4O2.C3H4F4O/c1-7-2-4-8(5-3-7)18(15,16)17-6-10(13,14)9(11)12;11-9(12)10(13,14)6-16-8-3-1-2-7(4-8)5-15;4-2(5)3(6,7)1-8/h2-5,9H,6H2,1H3;1-5,9H,6H2;2,8H,1H2. The van der Waals surface area contributed by atoms with Crippen LogP contribution in [-0.4, -0.2) is 76.7 Å². The number of alkyl halides is 12. The van der Waals surface area contributed by atoms with Gasteiger partial charge in [-0.2, -0.15) is 34.8 Å². The van der Waals surface area contributed by atoms with E-state index in [9.17, 15) is 65.9 Å². The molecule has 2 aromatic carbocycles. The lowest BCUT2D eigenvalue weighted by Gasteiger charge is -2.15. The van der Waals surface area contributed by atoms with Gasteiger partial charge >= 0.3 is 37.0 Å². The number of carbonyl (C=O) groups is 1. The minimum absolute atomic E-state index is 0.0510. The Hall–Kier alpha value is -3.06. The minimum Gasteiger partial charge on any atom is -0.487 e. The molecular formula is C23H22F12O6S. The molecular weight excluding hydrogens is 632 g/mol. The summed E-state index contributed by atoms with van der Waals surface area (Å²) in [7, 11) is -4.46. The highest BCUT2D eigenvalue weighted by Gasteiger charge is 2.43. The molecule has 19 heteroatoms. The highest BCUT2D eigenvalue weighted by atomic mass is 32.2. The van der Waals surface area contributed by atoms with E-state index in [4.69, 9.17) is 5.11 Å². The van der Waals surface area contributed by atoms with Gasteiger partial charge in [-0.1, -0.05) is 29.8 Å². The average molecular weight is 654 g/mol. The summed E-state index contributed by atoms with van der Waals surface area (Å²) in [6, 6.07) is 10.5. The van der Waals surface area contributed by atoms with E-state index in [-0.39, 0.29) is 16.2 Å². The number of aldehydes is 1. The predicted octanol–water partition coefficient (Wildman–Crippen LogP) is 6.26. The molecule has 0 spiro atoms. The van der Waals surface area contributed by atoms with Crippen molar-refractivity contribution in [3.8, 4) is 5.75 Å². The van der Waals surface area contributed by atoms with Gasteiger partial charge in [-0.05, 0) is 31.2 Å². The van der Waals surface area contributed by atoms with Crippen LogP contribution >= 0.6 is 0 Å². The molecule has 0 amide bonds. The van der Waals surface area contributed by atoms with Crippen molar-refractivity contribution in [1.82, 2.24) is 0 Å². The Labute approximate surface area is 231 Å². The molecule has 1 N–H and O–H groups in total. The average Bonchev–Trinajstić information content (AvgIpc) is 2.92. The van der Waals surface area contributed by atoms with Gasteiger partial charge in [-0.15, -0.1) is 0 Å². The van der Waals surface area contributed by atoms with E-state index >= 15 is 0 Å². The molecule has 6 nitrogen and oxygen atoms in total. The number of aliphatic hydroxyl groups excluding tert-OH is 1. The number of ether oxygens (including phenoxy) is 1. The molecule has 0 radical (unpaired) electrons. The van der Waals surface area contributed by atoms with Crippen LogP contribution in [0.1, 0.15) is 15.9 Å². The molecule has 42 heavy (non-hydrogen) atoms. The fourth-order valence-electron chi connectivity index (χ4n) is 1.98. The molecule has 0 fully saturated rings. The van der Waals surface area contributed by atoms with Crippen LogP contribution in [0.5, 0.6) is 5.75 Å². The van der Waals surface area contributed by atoms with Gasteiger partial charge in [0.2, 0.25) is 0 Å². The van der Waals surface area contributed by atoms with Crippen LogP contribution in [0.3, 0.4) is 0 Å². The van der Waals surface area contributed by atoms with Crippen molar-refractivity contribution >= 4 is 16.4 Å². The fourth-order valence-corrected chi connectivity index (χ4v) is 2.90. The number of hydrogen-bond donors (Lipinski definition) is 1. The maximum atomic E-state index is 12.5. The number of aliphatic hydroxyl groups is 1. The summed E-state index contributed by atoms with van der Waals surface area (Å²) in [4.78, 5) is 9.98. The van der Waals surface area contributed by atoms with Crippen molar-refractivity contribution in [3.63, 3.8) is 0 Å². The van der Waals surface area contributed by atoms with Crippen molar-refractivity contribution in [1.29, 1.82) is 0 Å². The first-order valence-electron chi connectivity index (χ1n) is 10.8. The predicted molar refractivity (Wildman–Crippen MR) is 122 cm³/mol. The van der Waals surface area contributed by atoms with Crippen molar-refractivity contribution in [2.75, 3.05) is 19.8 Å². The van der Waals surface area contributed by atoms with Crippen LogP contribution in [0.15, 0.2) is 53.4 Å². The first kappa shape index (κ1) is 38.9. The van der Waals surface area contributed by atoms with Crippen LogP contribution in [0.2, 0.25) is 0 Å². The number of carbonyl (C=O) groups excluding carboxylic acids is 1. The lowest BCUT2D eigenvalue weighted by Crippen LogP contribution is -2.33. The second-order valence-corrected chi connectivity index (χ2v) is 9.47. The van der Waals surface area contributed by atoms with Gasteiger partial charge in [0.05, 0.1) is 4.90 Å². The molecule has 0 atom stereocenters. The highest BCUT2D eigenvalue weighted by molar-refractivity contribution is 7.86. The maximum Gasteiger partial charge on any atom is 0.340 e. The van der Waals surface area contributed by atoms with E-state index in [0.29, 0.717) is 6.29 Å². The molecule has 0 saturated carbocycles. The zero-order chi connectivity index (χ0) is 32.9. The number of hydrogen-bond acceptors (Lipinski definition) is 6. The Morgan fingerprint density at radius 3 is 1.67 bits per heavy atom. The summed E-state index contributed by atoms with van der Waals surface area (Å²) in [6.45, 7) is -3.42. The molecule has 240 valence electrons. The highest BCUT2D eigenvalue weighted by Crippen LogP contribution is 2.26. The summed E-state index contributed by atoms with van der Waals surface area (Å²) in [6.07, 6.45) is -11.0. The molecule has 2 rings (SSSR count). The van der Waals surface area contributed by atoms with Crippen molar-refractivity contribution in [3.05, 3.63) is 59.7 Å². The van der Waals surface area contributed by atoms with Crippen LogP contribution < -0.4 is 4.74 Å². The Bertz CT molecular complexity index is 1190. The lowest BCUT2D eigenvalue weighted by atomic mass is 10.2. The molecule has 2 aromatic rings. The summed E-state index contributed by atoms with van der Waals surface area (Å²) in [5.41, 5.74) is 0.977. The van der Waals surface area contributed by atoms with Gasteiger partial charge in [0.25, 0.3) is 10.1 Å². The third kappa shape index (κ3) is 13.7. The number of benzene rings is 2. The summed E-state index contributed by atoms with van der Waals surface area (Å²) in [5, 5.41) is 7.53. The Morgan fingerprint density at radius 2 is 1.26 bits per heavy atom. The van der Waals surface area contributed by atoms with E-state index in [1.807, 2.05) is 0 Å². The van der Waals surface area contributed by atoms with Crippen LogP contribution in [-0.2, 0) is 14.3 Å². The van der Waals surface area contributed by atoms with Crippen LogP contribution in [0.4, 0.5) is 52.7 Å². The van der Waals surface area contributed by atoms with E-state index in [2.05, 4.69) is 8.92 Å². The van der Waals surface area contributed by atoms with E-state index in [1.54, 1.807) is 6.92 Å². The molecule has 0 aliphatic rings. The summed E-state index contributed by atoms with van der Waals surface area (Å²) in [5.74, 6) is -13.0. The maximum absolute atomic E-state index is 12.5. The molecule has 0 heterocycles. The molecule has 0 aromatic heterocycles. The third-order valence-electron chi connectivity index (χ3n) is 4.31. The molecule has 0 saturated heterocycles. The molecule has 0 bridgehead atoms. The van der Waals surface area contributed by atoms with Crippen molar-refractivity contribution < 1.29 is 79.9 Å². The Kier molecular flexibility index (Phi) is 15.3. The van der Waals surface area contributed by atoms with Gasteiger partial charge in [-0.25, -0.2) is 26.3 Å². The largest absolute Gasteiger partial charge is 0.487 e. The SMILES string of the molecule is Cc1ccc(S(=O)(=O)OCC(F)(F)C(F)F)cc1.O=Cc1cccc(OCC(F)(F)C(F)F)c1.OCC(F)(F)C(F)F. The van der Waals surface area contributed by atoms with Crippen molar-refractivity contribution in [2.45, 2.75) is 48.9 Å². The minimum atomic E-state index is -4.50. The Balaban J connectivity index is 0.000000644. The zero-order valence-electron chi connectivity index (χ0n) is 21.0. The number of rotatable bonds is 12. The molecule has 0 aliphatic heterocycles. The second-order valence-electron chi connectivity index (χ2n) is 7.85. The molecule has 0 unspecified atom stereocenters. The first-order valence-corrected chi connectivity index (χ1v) is 12.2. The third-order valence-corrected chi connectivity index (χ3v) is 5.59. The van der Waals surface area contributed by atoms with Crippen LogP contribution in [0.25, 0.3) is 0 Å². The van der Waals surface area contributed by atoms with E-state index in [1.165, 1.54) is 36.4 Å². The summed E-state index contributed by atoms with van der Waals surface area (Å²) < 4.78 is 173. The second kappa shape index (κ2) is 16.5. The smallest absolute Gasteiger partial charge is 0.340 e. The van der Waals surface area contributed by atoms with Gasteiger partial charge in [0.15, 0.2) is 6.61 Å². The monoisotopic (exact) mass is 654 g/mol. The number of aryl methyl sites for hydroxylation is 1. The Morgan fingerprint density at radius 1 is 0.786 bits per heavy atom. The number of halogens is 12. The van der Waals surface area contributed by atoms with Gasteiger partial charge in [0, 0.05) is 5.56 Å². The molecule has 0 aliphatic carbocycles. The van der Waals surface area contributed by atoms with Gasteiger partial charge in [-0.3, -0.25) is 8.98 Å². The topological polar surface area (TPSA) is 89.9 Å². The summed E-state index contributed by atoms with van der Waals surface area (Å²) >= 11 is 0. The normalized spacial score (nSPS) is 12.4. The quantitative estimate of drug-likeness (QED) is 0.165. The first-order chi connectivity index (χ1) is 19.1. The van der Waals surface area contributed by atoms with E-state index in [0.717, 1.165) is 17.7 Å². The van der Waals surface area contributed by atoms with Gasteiger partial charge < -0.3 is 9.84 Å².